The third-order valence-corrected chi connectivity index (χ3v) is 5.96. The van der Waals surface area contributed by atoms with Gasteiger partial charge in [0.2, 0.25) is 0 Å². The van der Waals surface area contributed by atoms with Gasteiger partial charge in [-0.05, 0) is 49.5 Å². The van der Waals surface area contributed by atoms with Gasteiger partial charge in [0.15, 0.2) is 0 Å². The molecule has 1 N–H and O–H groups in total. The van der Waals surface area contributed by atoms with Crippen molar-refractivity contribution in [2.24, 2.45) is 17.3 Å². The number of hydrogen-bond donors (Lipinski definition) is 1. The van der Waals surface area contributed by atoms with E-state index in [1.807, 2.05) is 6.92 Å². The first-order chi connectivity index (χ1) is 11.7. The molecule has 0 aliphatic heterocycles. The molecule has 2 fully saturated rings. The third kappa shape index (κ3) is 3.44. The largest absolute Gasteiger partial charge is 0.429 e. The van der Waals surface area contributed by atoms with Gasteiger partial charge in [-0.3, -0.25) is 4.79 Å². The maximum atomic E-state index is 12.7. The molecular formula is C18H22F6O2. The van der Waals surface area contributed by atoms with E-state index < -0.39 is 18.0 Å². The van der Waals surface area contributed by atoms with Gasteiger partial charge in [-0.25, -0.2) is 0 Å². The van der Waals surface area contributed by atoms with E-state index in [-0.39, 0.29) is 35.5 Å². The van der Waals surface area contributed by atoms with Gasteiger partial charge in [0, 0.05) is 12.3 Å². The van der Waals surface area contributed by atoms with Crippen molar-refractivity contribution < 1.29 is 36.2 Å². The average molecular weight is 384 g/mol. The van der Waals surface area contributed by atoms with Crippen LogP contribution in [0.2, 0.25) is 0 Å². The molecule has 148 valence electrons. The van der Waals surface area contributed by atoms with Gasteiger partial charge in [0.05, 0.1) is 0 Å². The topological polar surface area (TPSA) is 37.3 Å². The summed E-state index contributed by atoms with van der Waals surface area (Å²) in [5.41, 5.74) is -4.74. The van der Waals surface area contributed by atoms with E-state index in [0.29, 0.717) is 30.9 Å². The SMILES string of the molecule is C=C(CC=CC(O)(C(F)(F)F)C(F)(F)F)C1CC[C@H]2C(=O)CCC[C@]12C. The van der Waals surface area contributed by atoms with Gasteiger partial charge in [0.25, 0.3) is 5.60 Å². The predicted molar refractivity (Wildman–Crippen MR) is 83.1 cm³/mol. The Kier molecular flexibility index (Phi) is 5.40. The lowest BCUT2D eigenvalue weighted by Gasteiger charge is -2.40. The fourth-order valence-electron chi connectivity index (χ4n) is 4.47. The highest BCUT2D eigenvalue weighted by Crippen LogP contribution is 2.56. The van der Waals surface area contributed by atoms with E-state index in [2.05, 4.69) is 6.58 Å². The van der Waals surface area contributed by atoms with Crippen molar-refractivity contribution in [2.45, 2.75) is 63.4 Å². The summed E-state index contributed by atoms with van der Waals surface area (Å²) in [6.07, 6.45) is -8.20. The quantitative estimate of drug-likeness (QED) is 0.539. The Labute approximate surface area is 148 Å². The summed E-state index contributed by atoms with van der Waals surface area (Å²) in [5, 5.41) is 9.12. The second-order valence-electron chi connectivity index (χ2n) is 7.53. The van der Waals surface area contributed by atoms with E-state index in [9.17, 15) is 31.1 Å². The maximum absolute atomic E-state index is 12.7. The number of halogens is 6. The minimum Gasteiger partial charge on any atom is -0.370 e. The Morgan fingerprint density at radius 2 is 1.81 bits per heavy atom. The molecule has 0 radical (unpaired) electrons. The molecule has 0 spiro atoms. The molecule has 2 nitrogen and oxygen atoms in total. The van der Waals surface area contributed by atoms with Crippen LogP contribution in [0.1, 0.15) is 45.4 Å². The summed E-state index contributed by atoms with van der Waals surface area (Å²) in [6, 6.07) is 0. The summed E-state index contributed by atoms with van der Waals surface area (Å²) in [6.45, 7) is 5.78. The number of aliphatic hydroxyl groups is 1. The van der Waals surface area contributed by atoms with Crippen molar-refractivity contribution in [1.82, 2.24) is 0 Å². The molecule has 2 aliphatic rings. The van der Waals surface area contributed by atoms with Gasteiger partial charge in [-0.1, -0.05) is 25.2 Å². The van der Waals surface area contributed by atoms with E-state index in [4.69, 9.17) is 5.11 Å². The summed E-state index contributed by atoms with van der Waals surface area (Å²) in [7, 11) is 0. The second-order valence-corrected chi connectivity index (χ2v) is 7.53. The number of carbonyl (C=O) groups excluding carboxylic acids is 1. The van der Waals surface area contributed by atoms with Crippen LogP contribution in [0.5, 0.6) is 0 Å². The van der Waals surface area contributed by atoms with Crippen LogP contribution < -0.4 is 0 Å². The average Bonchev–Trinajstić information content (AvgIpc) is 2.83. The summed E-state index contributed by atoms with van der Waals surface area (Å²) in [4.78, 5) is 12.1. The number of carbonyl (C=O) groups is 1. The van der Waals surface area contributed by atoms with E-state index in [1.54, 1.807) is 0 Å². The zero-order valence-corrected chi connectivity index (χ0v) is 14.4. The minimum absolute atomic E-state index is 0.121. The lowest BCUT2D eigenvalue weighted by Crippen LogP contribution is -2.55. The zero-order chi connectivity index (χ0) is 20.0. The van der Waals surface area contributed by atoms with E-state index >= 15 is 0 Å². The normalized spacial score (nSPS) is 30.7. The second kappa shape index (κ2) is 6.69. The first-order valence-electron chi connectivity index (χ1n) is 8.48. The molecule has 8 heteroatoms. The molecule has 2 saturated carbocycles. The van der Waals surface area contributed by atoms with Crippen molar-refractivity contribution >= 4 is 5.78 Å². The molecule has 0 bridgehead atoms. The highest BCUT2D eigenvalue weighted by Gasteiger charge is 2.68. The lowest BCUT2D eigenvalue weighted by molar-refractivity contribution is -0.347. The Hall–Kier alpha value is -1.31. The van der Waals surface area contributed by atoms with Gasteiger partial charge < -0.3 is 5.11 Å². The summed E-state index contributed by atoms with van der Waals surface area (Å²) >= 11 is 0. The Bertz CT molecular complexity index is 590. The van der Waals surface area contributed by atoms with Crippen molar-refractivity contribution in [3.05, 3.63) is 24.3 Å². The van der Waals surface area contributed by atoms with Gasteiger partial charge in [-0.15, -0.1) is 0 Å². The molecule has 2 rings (SSSR count). The molecular weight excluding hydrogens is 362 g/mol. The number of ketones is 1. The van der Waals surface area contributed by atoms with Crippen molar-refractivity contribution in [3.63, 3.8) is 0 Å². The van der Waals surface area contributed by atoms with Gasteiger partial charge in [-0.2, -0.15) is 26.3 Å². The minimum atomic E-state index is -5.87. The van der Waals surface area contributed by atoms with Gasteiger partial charge in [0.1, 0.15) is 5.78 Å². The molecule has 3 atom stereocenters. The van der Waals surface area contributed by atoms with Crippen LogP contribution in [0.15, 0.2) is 24.3 Å². The molecule has 1 unspecified atom stereocenters. The number of fused-ring (bicyclic) bond motifs is 1. The number of Topliss-reactive ketones (excluding diaryl/α,β-unsaturated/α-hetero) is 1. The van der Waals surface area contributed by atoms with Crippen molar-refractivity contribution in [3.8, 4) is 0 Å². The number of hydrogen-bond acceptors (Lipinski definition) is 2. The summed E-state index contributed by atoms with van der Waals surface area (Å²) < 4.78 is 76.0. The molecule has 0 aromatic carbocycles. The molecule has 0 heterocycles. The predicted octanol–water partition coefficient (Wildman–Crippen LogP) is 5.13. The van der Waals surface area contributed by atoms with E-state index in [1.165, 1.54) is 0 Å². The first kappa shape index (κ1) is 21.0. The van der Waals surface area contributed by atoms with Crippen LogP contribution in [0.4, 0.5) is 26.3 Å². The highest BCUT2D eigenvalue weighted by atomic mass is 19.4. The highest BCUT2D eigenvalue weighted by molar-refractivity contribution is 5.83. The van der Waals surface area contributed by atoms with Crippen LogP contribution in [0.25, 0.3) is 0 Å². The monoisotopic (exact) mass is 384 g/mol. The standard InChI is InChI=1S/C18H22F6O2/c1-11(5-3-10-16(26,17(19,20)21)18(22,23)24)12-7-8-13-14(25)6-4-9-15(12,13)2/h3,10,12-13,26H,1,4-9H2,2H3/t12?,13-,15+/m0/s1. The zero-order valence-electron chi connectivity index (χ0n) is 14.4. The third-order valence-electron chi connectivity index (χ3n) is 5.96. The molecule has 26 heavy (non-hydrogen) atoms. The van der Waals surface area contributed by atoms with E-state index in [0.717, 1.165) is 12.8 Å². The smallest absolute Gasteiger partial charge is 0.370 e. The fraction of sp³-hybridized carbons (Fsp3) is 0.722. The van der Waals surface area contributed by atoms with Crippen LogP contribution >= 0.6 is 0 Å². The van der Waals surface area contributed by atoms with Crippen molar-refractivity contribution in [2.75, 3.05) is 0 Å². The Morgan fingerprint density at radius 3 is 2.35 bits per heavy atom. The van der Waals surface area contributed by atoms with Gasteiger partial charge >= 0.3 is 12.4 Å². The molecule has 0 aromatic heterocycles. The first-order valence-corrected chi connectivity index (χ1v) is 8.48. The maximum Gasteiger partial charge on any atom is 0.429 e. The van der Waals surface area contributed by atoms with Crippen LogP contribution in [0.3, 0.4) is 0 Å². The Morgan fingerprint density at radius 1 is 1.23 bits per heavy atom. The Balaban J connectivity index is 2.13. The summed E-state index contributed by atoms with van der Waals surface area (Å²) in [5.74, 6) is -0.0800. The van der Waals surface area contributed by atoms with Crippen LogP contribution in [0, 0.1) is 17.3 Å². The molecule has 0 saturated heterocycles. The number of rotatable bonds is 4. The van der Waals surface area contributed by atoms with Crippen LogP contribution in [-0.2, 0) is 4.79 Å². The molecule has 0 aromatic rings. The molecule has 0 amide bonds. The fourth-order valence-corrected chi connectivity index (χ4v) is 4.47. The lowest BCUT2D eigenvalue weighted by atomic mass is 9.63. The molecule has 2 aliphatic carbocycles. The number of allylic oxidation sites excluding steroid dienone is 2. The van der Waals surface area contributed by atoms with Crippen molar-refractivity contribution in [1.29, 1.82) is 0 Å². The number of alkyl halides is 6. The van der Waals surface area contributed by atoms with Crippen LogP contribution in [-0.4, -0.2) is 28.8 Å².